The number of rotatable bonds is 1. The summed E-state index contributed by atoms with van der Waals surface area (Å²) in [5, 5.41) is 11.2. The molecule has 0 aliphatic heterocycles. The van der Waals surface area contributed by atoms with Crippen molar-refractivity contribution in [1.82, 2.24) is 5.32 Å². The van der Waals surface area contributed by atoms with Gasteiger partial charge in [-0.15, -0.1) is 0 Å². The molecule has 2 nitrogen and oxygen atoms in total. The number of nitrogens with one attached hydrogen (secondary N) is 1. The predicted octanol–water partition coefficient (Wildman–Crippen LogP) is -0.252. The molecule has 0 bridgehead atoms. The lowest BCUT2D eigenvalue weighted by molar-refractivity contribution is 0.0800. The van der Waals surface area contributed by atoms with E-state index in [4.69, 9.17) is 5.11 Å². The molecule has 2 N–H and O–H groups in total. The van der Waals surface area contributed by atoms with Gasteiger partial charge in [0.25, 0.3) is 0 Å². The molecule has 1 radical (unpaired) electrons. The van der Waals surface area contributed by atoms with Crippen LogP contribution in [-0.4, -0.2) is 17.9 Å². The van der Waals surface area contributed by atoms with E-state index in [-0.39, 0.29) is 0 Å². The van der Waals surface area contributed by atoms with E-state index >= 15 is 0 Å². The molecule has 0 heterocycles. The zero-order valence-corrected chi connectivity index (χ0v) is 4.15. The van der Waals surface area contributed by atoms with Crippen molar-refractivity contribution in [2.24, 2.45) is 0 Å². The van der Waals surface area contributed by atoms with Gasteiger partial charge in [-0.25, -0.2) is 0 Å². The highest BCUT2D eigenvalue weighted by Crippen LogP contribution is 1.87. The molecule has 0 fully saturated rings. The third-order valence-corrected chi connectivity index (χ3v) is 0.539. The third kappa shape index (κ3) is 3.92. The highest BCUT2D eigenvalue weighted by molar-refractivity contribution is 4.67. The van der Waals surface area contributed by atoms with Crippen LogP contribution >= 0.6 is 0 Å². The Labute approximate surface area is 38.2 Å². The van der Waals surface area contributed by atoms with Crippen LogP contribution in [0, 0.1) is 6.92 Å². The minimum absolute atomic E-state index is 0.958. The fraction of sp³-hybridized carbons (Fsp3) is 0.750. The van der Waals surface area contributed by atoms with Crippen molar-refractivity contribution in [3.05, 3.63) is 6.92 Å². The van der Waals surface area contributed by atoms with Crippen LogP contribution in [0.5, 0.6) is 0 Å². The maximum Gasteiger partial charge on any atom is 0.113 e. The Balaban J connectivity index is 3.17. The zero-order chi connectivity index (χ0) is 5.21. The van der Waals surface area contributed by atoms with Crippen molar-refractivity contribution in [3.63, 3.8) is 0 Å². The molecule has 0 aromatic rings. The SMILES string of the molecule is [CH2]C(C)(O)NC. The average Bonchev–Trinajstić information content (AvgIpc) is 1.35. The van der Waals surface area contributed by atoms with Gasteiger partial charge in [0.05, 0.1) is 0 Å². The molecule has 2 heteroatoms. The summed E-state index contributed by atoms with van der Waals surface area (Å²) in [5.41, 5.74) is -0.958. The largest absolute Gasteiger partial charge is 0.376 e. The van der Waals surface area contributed by atoms with Crippen LogP contribution in [0.25, 0.3) is 0 Å². The Bertz CT molecular complexity index is 37.3. The quantitative estimate of drug-likeness (QED) is 0.433. The van der Waals surface area contributed by atoms with Crippen LogP contribution in [0.2, 0.25) is 0 Å². The average molecular weight is 88.1 g/mol. The maximum absolute atomic E-state index is 8.60. The minimum Gasteiger partial charge on any atom is -0.376 e. The van der Waals surface area contributed by atoms with Crippen molar-refractivity contribution < 1.29 is 5.11 Å². The van der Waals surface area contributed by atoms with Gasteiger partial charge in [0.2, 0.25) is 0 Å². The first-order chi connectivity index (χ1) is 2.56. The molecular weight excluding hydrogens is 78.0 g/mol. The molecule has 0 spiro atoms. The van der Waals surface area contributed by atoms with Crippen molar-refractivity contribution in [2.45, 2.75) is 12.6 Å². The van der Waals surface area contributed by atoms with Crippen LogP contribution in [0.1, 0.15) is 6.92 Å². The Morgan fingerprint density at radius 2 is 2.00 bits per heavy atom. The van der Waals surface area contributed by atoms with Gasteiger partial charge in [0, 0.05) is 0 Å². The van der Waals surface area contributed by atoms with Gasteiger partial charge in [-0.3, -0.25) is 5.32 Å². The Hall–Kier alpha value is -0.0800. The molecule has 6 heavy (non-hydrogen) atoms. The first kappa shape index (κ1) is 5.92. The molecule has 0 aromatic heterocycles. The molecule has 0 aliphatic carbocycles. The fourth-order valence-corrected chi connectivity index (χ4v) is 0. The van der Waals surface area contributed by atoms with E-state index in [0.717, 1.165) is 0 Å². The second-order valence-corrected chi connectivity index (χ2v) is 1.52. The Morgan fingerprint density at radius 1 is 1.83 bits per heavy atom. The minimum atomic E-state index is -0.958. The first-order valence-electron chi connectivity index (χ1n) is 1.83. The first-order valence-corrected chi connectivity index (χ1v) is 1.83. The highest BCUT2D eigenvalue weighted by Gasteiger charge is 2.04. The van der Waals surface area contributed by atoms with Gasteiger partial charge >= 0.3 is 0 Å². The topological polar surface area (TPSA) is 32.3 Å². The summed E-state index contributed by atoms with van der Waals surface area (Å²) in [6.07, 6.45) is 0. The van der Waals surface area contributed by atoms with E-state index in [9.17, 15) is 0 Å². The van der Waals surface area contributed by atoms with Gasteiger partial charge in [0.15, 0.2) is 0 Å². The molecule has 0 aliphatic rings. The third-order valence-electron chi connectivity index (χ3n) is 0.539. The smallest absolute Gasteiger partial charge is 0.113 e. The van der Waals surface area contributed by atoms with Crippen LogP contribution < -0.4 is 5.32 Å². The molecule has 0 aromatic carbocycles. The number of aliphatic hydroxyl groups is 1. The monoisotopic (exact) mass is 88.1 g/mol. The Morgan fingerprint density at radius 3 is 2.00 bits per heavy atom. The van der Waals surface area contributed by atoms with E-state index in [1.165, 1.54) is 0 Å². The van der Waals surface area contributed by atoms with Crippen LogP contribution in [0.3, 0.4) is 0 Å². The van der Waals surface area contributed by atoms with Crippen molar-refractivity contribution in [3.8, 4) is 0 Å². The molecule has 0 saturated heterocycles. The maximum atomic E-state index is 8.60. The molecule has 1 unspecified atom stereocenters. The second-order valence-electron chi connectivity index (χ2n) is 1.52. The van der Waals surface area contributed by atoms with Crippen LogP contribution in [-0.2, 0) is 0 Å². The molecule has 0 saturated carbocycles. The molecule has 0 rings (SSSR count). The van der Waals surface area contributed by atoms with Crippen molar-refractivity contribution in [2.75, 3.05) is 7.05 Å². The van der Waals surface area contributed by atoms with E-state index in [1.807, 2.05) is 0 Å². The molecule has 0 amide bonds. The molecular formula is C4H10NO. The van der Waals surface area contributed by atoms with E-state index in [2.05, 4.69) is 12.2 Å². The summed E-state index contributed by atoms with van der Waals surface area (Å²) in [4.78, 5) is 0. The summed E-state index contributed by atoms with van der Waals surface area (Å²) in [5.74, 6) is 0. The standard InChI is InChI=1S/C4H10NO/c1-4(2,6)5-3/h5-6H,1H2,2-3H3. The van der Waals surface area contributed by atoms with Gasteiger partial charge in [-0.05, 0) is 20.9 Å². The van der Waals surface area contributed by atoms with Gasteiger partial charge in [-0.2, -0.15) is 0 Å². The Kier molecular flexibility index (Phi) is 1.56. The van der Waals surface area contributed by atoms with Crippen LogP contribution in [0.15, 0.2) is 0 Å². The summed E-state index contributed by atoms with van der Waals surface area (Å²) in [7, 11) is 1.65. The summed E-state index contributed by atoms with van der Waals surface area (Å²) in [6, 6.07) is 0. The van der Waals surface area contributed by atoms with Crippen molar-refractivity contribution >= 4 is 0 Å². The lowest BCUT2D eigenvalue weighted by atomic mass is 10.3. The predicted molar refractivity (Wildman–Crippen MR) is 25.0 cm³/mol. The normalized spacial score (nSPS) is 12.0. The van der Waals surface area contributed by atoms with Gasteiger partial charge in [0.1, 0.15) is 5.72 Å². The van der Waals surface area contributed by atoms with E-state index < -0.39 is 5.72 Å². The van der Waals surface area contributed by atoms with Gasteiger partial charge in [-0.1, -0.05) is 0 Å². The number of hydrogen-bond donors (Lipinski definition) is 2. The fourth-order valence-electron chi connectivity index (χ4n) is 0. The highest BCUT2D eigenvalue weighted by atomic mass is 16.3. The second kappa shape index (κ2) is 1.58. The van der Waals surface area contributed by atoms with Gasteiger partial charge < -0.3 is 5.11 Å². The summed E-state index contributed by atoms with van der Waals surface area (Å²) >= 11 is 0. The van der Waals surface area contributed by atoms with E-state index in [0.29, 0.717) is 0 Å². The van der Waals surface area contributed by atoms with Crippen molar-refractivity contribution in [1.29, 1.82) is 0 Å². The molecule has 1 atom stereocenters. The lowest BCUT2D eigenvalue weighted by Crippen LogP contribution is -2.35. The summed E-state index contributed by atoms with van der Waals surface area (Å²) in [6.45, 7) is 4.91. The lowest BCUT2D eigenvalue weighted by Gasteiger charge is -2.13. The number of hydrogen-bond acceptors (Lipinski definition) is 2. The summed E-state index contributed by atoms with van der Waals surface area (Å²) < 4.78 is 0. The molecule has 37 valence electrons. The zero-order valence-electron chi connectivity index (χ0n) is 4.15. The van der Waals surface area contributed by atoms with E-state index in [1.54, 1.807) is 14.0 Å². The van der Waals surface area contributed by atoms with Crippen LogP contribution in [0.4, 0.5) is 0 Å².